The van der Waals surface area contributed by atoms with Gasteiger partial charge < -0.3 is 15.0 Å². The van der Waals surface area contributed by atoms with E-state index in [9.17, 15) is 0 Å². The summed E-state index contributed by atoms with van der Waals surface area (Å²) in [5.74, 6) is 1.62. The van der Waals surface area contributed by atoms with E-state index in [1.807, 2.05) is 13.2 Å². The minimum absolute atomic E-state index is 0.727. The number of hydrogen-bond donors (Lipinski definition) is 1. The second kappa shape index (κ2) is 5.62. The molecule has 1 aliphatic rings. The van der Waals surface area contributed by atoms with Crippen LogP contribution in [0.4, 0.5) is 11.8 Å². The number of ether oxygens (including phenoxy) is 1. The molecule has 108 valence electrons. The molecule has 0 bridgehead atoms. The predicted octanol–water partition coefficient (Wildman–Crippen LogP) is 1.02. The van der Waals surface area contributed by atoms with Crippen LogP contribution < -0.4 is 10.2 Å². The average Bonchev–Trinajstić information content (AvgIpc) is 2.87. The van der Waals surface area contributed by atoms with Gasteiger partial charge in [0.1, 0.15) is 5.82 Å². The lowest BCUT2D eigenvalue weighted by molar-refractivity contribution is 0.122. The van der Waals surface area contributed by atoms with Crippen molar-refractivity contribution in [2.24, 2.45) is 7.05 Å². The number of nitrogens with zero attached hydrogens (tertiary/aromatic N) is 5. The Morgan fingerprint density at radius 1 is 1.30 bits per heavy atom. The van der Waals surface area contributed by atoms with Gasteiger partial charge in [0.2, 0.25) is 5.95 Å². The molecule has 0 aliphatic carbocycles. The molecule has 3 rings (SSSR count). The number of aryl methyl sites for hydroxylation is 1. The summed E-state index contributed by atoms with van der Waals surface area (Å²) in [4.78, 5) is 11.5. The summed E-state index contributed by atoms with van der Waals surface area (Å²) in [6, 6.07) is 0. The van der Waals surface area contributed by atoms with E-state index in [2.05, 4.69) is 32.2 Å². The summed E-state index contributed by atoms with van der Waals surface area (Å²) >= 11 is 0. The number of hydrogen-bond acceptors (Lipinski definition) is 6. The highest BCUT2D eigenvalue weighted by molar-refractivity contribution is 5.87. The van der Waals surface area contributed by atoms with Crippen LogP contribution >= 0.6 is 0 Å². The number of rotatable bonds is 4. The second-order valence-corrected chi connectivity index (χ2v) is 4.90. The molecule has 0 aromatic carbocycles. The van der Waals surface area contributed by atoms with Gasteiger partial charge in [-0.05, 0) is 6.42 Å². The first-order valence-corrected chi connectivity index (χ1v) is 7.06. The van der Waals surface area contributed by atoms with Gasteiger partial charge in [-0.1, -0.05) is 6.92 Å². The van der Waals surface area contributed by atoms with Crippen molar-refractivity contribution in [3.63, 3.8) is 0 Å². The molecule has 1 aliphatic heterocycles. The van der Waals surface area contributed by atoms with Crippen molar-refractivity contribution in [1.29, 1.82) is 0 Å². The molecule has 7 heteroatoms. The van der Waals surface area contributed by atoms with E-state index < -0.39 is 0 Å². The van der Waals surface area contributed by atoms with E-state index in [0.29, 0.717) is 0 Å². The van der Waals surface area contributed by atoms with E-state index in [1.165, 1.54) is 0 Å². The van der Waals surface area contributed by atoms with Crippen LogP contribution in [0.15, 0.2) is 6.20 Å². The van der Waals surface area contributed by atoms with Crippen molar-refractivity contribution in [2.45, 2.75) is 13.3 Å². The minimum Gasteiger partial charge on any atom is -0.378 e. The van der Waals surface area contributed by atoms with Gasteiger partial charge >= 0.3 is 0 Å². The molecular weight excluding hydrogens is 256 g/mol. The molecule has 1 N–H and O–H groups in total. The average molecular weight is 276 g/mol. The first kappa shape index (κ1) is 13.1. The third-order valence-corrected chi connectivity index (χ3v) is 3.42. The Labute approximate surface area is 117 Å². The maximum atomic E-state index is 5.38. The maximum absolute atomic E-state index is 5.38. The summed E-state index contributed by atoms with van der Waals surface area (Å²) in [6.07, 6.45) is 2.87. The number of nitrogens with one attached hydrogen (secondary N) is 1. The first-order chi connectivity index (χ1) is 9.79. The Bertz CT molecular complexity index is 590. The number of aromatic nitrogens is 4. The largest absolute Gasteiger partial charge is 0.378 e. The zero-order valence-electron chi connectivity index (χ0n) is 12.0. The number of fused-ring (bicyclic) bond motifs is 1. The Morgan fingerprint density at radius 2 is 2.10 bits per heavy atom. The van der Waals surface area contributed by atoms with Crippen molar-refractivity contribution in [1.82, 2.24) is 19.7 Å². The van der Waals surface area contributed by atoms with Crippen molar-refractivity contribution < 1.29 is 4.74 Å². The zero-order valence-corrected chi connectivity index (χ0v) is 12.0. The van der Waals surface area contributed by atoms with Crippen molar-refractivity contribution in [2.75, 3.05) is 43.1 Å². The molecule has 0 atom stereocenters. The fraction of sp³-hybridized carbons (Fsp3) is 0.615. The topological polar surface area (TPSA) is 68.1 Å². The van der Waals surface area contributed by atoms with Gasteiger partial charge in [0.15, 0.2) is 5.65 Å². The highest BCUT2D eigenvalue weighted by Gasteiger charge is 2.18. The third-order valence-electron chi connectivity index (χ3n) is 3.42. The number of anilines is 2. The van der Waals surface area contributed by atoms with Crippen LogP contribution in [0.1, 0.15) is 13.3 Å². The fourth-order valence-electron chi connectivity index (χ4n) is 2.29. The molecule has 0 amide bonds. The molecular formula is C13H20N6O. The smallest absolute Gasteiger partial charge is 0.229 e. The van der Waals surface area contributed by atoms with Crippen LogP contribution in [0.2, 0.25) is 0 Å². The van der Waals surface area contributed by atoms with E-state index in [1.54, 1.807) is 4.68 Å². The molecule has 0 unspecified atom stereocenters. The Balaban J connectivity index is 2.01. The summed E-state index contributed by atoms with van der Waals surface area (Å²) in [5, 5.41) is 8.62. The molecule has 3 heterocycles. The molecule has 2 aromatic heterocycles. The summed E-state index contributed by atoms with van der Waals surface area (Å²) in [7, 11) is 1.90. The van der Waals surface area contributed by atoms with E-state index in [0.717, 1.165) is 62.1 Å². The molecule has 7 nitrogen and oxygen atoms in total. The van der Waals surface area contributed by atoms with Gasteiger partial charge in [0, 0.05) is 26.7 Å². The van der Waals surface area contributed by atoms with E-state index in [4.69, 9.17) is 4.74 Å². The van der Waals surface area contributed by atoms with Crippen LogP contribution in [0.5, 0.6) is 0 Å². The summed E-state index contributed by atoms with van der Waals surface area (Å²) < 4.78 is 7.17. The van der Waals surface area contributed by atoms with E-state index in [-0.39, 0.29) is 0 Å². The third kappa shape index (κ3) is 2.40. The van der Waals surface area contributed by atoms with Crippen molar-refractivity contribution >= 4 is 22.8 Å². The fourth-order valence-corrected chi connectivity index (χ4v) is 2.29. The van der Waals surface area contributed by atoms with Gasteiger partial charge in [-0.2, -0.15) is 15.1 Å². The Kier molecular flexibility index (Phi) is 3.68. The molecule has 0 radical (unpaired) electrons. The van der Waals surface area contributed by atoms with Crippen LogP contribution in [0, 0.1) is 0 Å². The maximum Gasteiger partial charge on any atom is 0.229 e. The van der Waals surface area contributed by atoms with Gasteiger partial charge in [0.05, 0.1) is 24.8 Å². The van der Waals surface area contributed by atoms with E-state index >= 15 is 0 Å². The van der Waals surface area contributed by atoms with Crippen molar-refractivity contribution in [3.8, 4) is 0 Å². The molecule has 2 aromatic rings. The standard InChI is InChI=1S/C13H20N6O/c1-3-4-14-11-10-9-15-18(2)12(10)17-13(16-11)19-5-7-20-8-6-19/h9H,3-8H2,1-2H3,(H,14,16,17). The lowest BCUT2D eigenvalue weighted by Gasteiger charge is -2.27. The van der Waals surface area contributed by atoms with Gasteiger partial charge in [0.25, 0.3) is 0 Å². The zero-order chi connectivity index (χ0) is 13.9. The van der Waals surface area contributed by atoms with Crippen LogP contribution in [-0.2, 0) is 11.8 Å². The van der Waals surface area contributed by atoms with Crippen LogP contribution in [0.3, 0.4) is 0 Å². The quantitative estimate of drug-likeness (QED) is 0.899. The lowest BCUT2D eigenvalue weighted by atomic mass is 10.3. The summed E-state index contributed by atoms with van der Waals surface area (Å²) in [6.45, 7) is 6.14. The monoisotopic (exact) mass is 276 g/mol. The molecule has 0 spiro atoms. The molecule has 0 saturated carbocycles. The minimum atomic E-state index is 0.727. The second-order valence-electron chi connectivity index (χ2n) is 4.90. The van der Waals surface area contributed by atoms with Gasteiger partial charge in [-0.3, -0.25) is 4.68 Å². The number of morpholine rings is 1. The highest BCUT2D eigenvalue weighted by atomic mass is 16.5. The summed E-state index contributed by atoms with van der Waals surface area (Å²) in [5.41, 5.74) is 0.861. The Morgan fingerprint density at radius 3 is 2.85 bits per heavy atom. The Hall–Kier alpha value is -1.89. The lowest BCUT2D eigenvalue weighted by Crippen LogP contribution is -2.37. The molecule has 1 saturated heterocycles. The highest BCUT2D eigenvalue weighted by Crippen LogP contribution is 2.23. The predicted molar refractivity (Wildman–Crippen MR) is 78.1 cm³/mol. The normalized spacial score (nSPS) is 15.8. The van der Waals surface area contributed by atoms with Gasteiger partial charge in [-0.15, -0.1) is 0 Å². The first-order valence-electron chi connectivity index (χ1n) is 7.06. The molecule has 20 heavy (non-hydrogen) atoms. The van der Waals surface area contributed by atoms with Crippen LogP contribution in [0.25, 0.3) is 11.0 Å². The SMILES string of the molecule is CCCNc1nc(N2CCOCC2)nc2c1cnn2C. The van der Waals surface area contributed by atoms with Gasteiger partial charge in [-0.25, -0.2) is 0 Å². The van der Waals surface area contributed by atoms with Crippen LogP contribution in [-0.4, -0.2) is 52.6 Å². The van der Waals surface area contributed by atoms with Crippen molar-refractivity contribution in [3.05, 3.63) is 6.20 Å². The molecule has 1 fully saturated rings.